The van der Waals surface area contributed by atoms with Gasteiger partial charge in [-0.15, -0.1) is 0 Å². The number of rotatable bonds is 5. The van der Waals surface area contributed by atoms with E-state index in [1.54, 1.807) is 38.3 Å². The first kappa shape index (κ1) is 15.6. The first-order valence-electron chi connectivity index (χ1n) is 6.44. The summed E-state index contributed by atoms with van der Waals surface area (Å²) in [7, 11) is 1.55. The molecule has 3 nitrogen and oxygen atoms in total. The number of aliphatic hydroxyl groups is 1. The largest absolute Gasteiger partial charge is 0.497 e. The Labute approximate surface area is 127 Å². The molecule has 0 heterocycles. The topological polar surface area (TPSA) is 38.7 Å². The normalized spacial score (nSPS) is 12.0. The van der Waals surface area contributed by atoms with Crippen LogP contribution in [0.15, 0.2) is 36.4 Å². The van der Waals surface area contributed by atoms with Crippen molar-refractivity contribution >= 4 is 11.6 Å². The highest BCUT2D eigenvalue weighted by atomic mass is 35.5. The fraction of sp³-hybridized carbons (Fsp3) is 0.250. The van der Waals surface area contributed by atoms with Crippen LogP contribution in [0.25, 0.3) is 0 Å². The van der Waals surface area contributed by atoms with Crippen molar-refractivity contribution < 1.29 is 19.0 Å². The number of hydrogen-bond donors (Lipinski definition) is 1. The van der Waals surface area contributed by atoms with E-state index in [-0.39, 0.29) is 11.6 Å². The van der Waals surface area contributed by atoms with Crippen molar-refractivity contribution in [3.63, 3.8) is 0 Å². The van der Waals surface area contributed by atoms with Crippen LogP contribution in [0.5, 0.6) is 11.5 Å². The maximum Gasteiger partial charge on any atom is 0.142 e. The van der Waals surface area contributed by atoms with Gasteiger partial charge in [0.25, 0.3) is 0 Å². The molecule has 0 aliphatic heterocycles. The monoisotopic (exact) mass is 310 g/mol. The van der Waals surface area contributed by atoms with Crippen LogP contribution >= 0.6 is 11.6 Å². The van der Waals surface area contributed by atoms with E-state index < -0.39 is 11.9 Å². The molecule has 0 spiro atoms. The molecule has 1 N–H and O–H groups in total. The maximum atomic E-state index is 13.4. The molecule has 2 aromatic rings. The molecule has 5 heteroatoms. The second kappa shape index (κ2) is 6.78. The third-order valence-electron chi connectivity index (χ3n) is 3.05. The van der Waals surface area contributed by atoms with Crippen molar-refractivity contribution in [1.82, 2.24) is 0 Å². The van der Waals surface area contributed by atoms with Crippen LogP contribution in [0.1, 0.15) is 24.2 Å². The van der Waals surface area contributed by atoms with Gasteiger partial charge in [-0.05, 0) is 36.8 Å². The van der Waals surface area contributed by atoms with E-state index in [4.69, 9.17) is 21.1 Å². The molecule has 0 aliphatic carbocycles. The van der Waals surface area contributed by atoms with Gasteiger partial charge in [0.15, 0.2) is 0 Å². The average Bonchev–Trinajstić information content (AvgIpc) is 2.48. The second-order valence-electron chi connectivity index (χ2n) is 4.62. The van der Waals surface area contributed by atoms with Crippen LogP contribution in [0.2, 0.25) is 5.02 Å². The summed E-state index contributed by atoms with van der Waals surface area (Å²) in [5, 5.41) is 9.82. The zero-order valence-electron chi connectivity index (χ0n) is 11.8. The fourth-order valence-electron chi connectivity index (χ4n) is 1.90. The lowest BCUT2D eigenvalue weighted by Crippen LogP contribution is -2.02. The molecule has 112 valence electrons. The SMILES string of the molecule is COc1ccc([C@H](C)O)c(OCc2ccc(Cl)c(F)c2)c1. The van der Waals surface area contributed by atoms with Gasteiger partial charge in [-0.1, -0.05) is 17.7 Å². The first-order chi connectivity index (χ1) is 10.0. The van der Waals surface area contributed by atoms with Gasteiger partial charge in [-0.3, -0.25) is 0 Å². The Bertz CT molecular complexity index is 629. The van der Waals surface area contributed by atoms with Crippen molar-refractivity contribution in [3.05, 3.63) is 58.4 Å². The maximum absolute atomic E-state index is 13.4. The van der Waals surface area contributed by atoms with Crippen LogP contribution in [-0.2, 0) is 6.61 Å². The highest BCUT2D eigenvalue weighted by molar-refractivity contribution is 6.30. The molecule has 1 atom stereocenters. The second-order valence-corrected chi connectivity index (χ2v) is 5.02. The lowest BCUT2D eigenvalue weighted by atomic mass is 10.1. The third kappa shape index (κ3) is 3.86. The van der Waals surface area contributed by atoms with E-state index in [1.165, 1.54) is 12.1 Å². The van der Waals surface area contributed by atoms with Crippen LogP contribution in [0.3, 0.4) is 0 Å². The fourth-order valence-corrected chi connectivity index (χ4v) is 2.02. The van der Waals surface area contributed by atoms with Gasteiger partial charge in [-0.2, -0.15) is 0 Å². The van der Waals surface area contributed by atoms with E-state index in [9.17, 15) is 9.50 Å². The molecule has 2 rings (SSSR count). The predicted octanol–water partition coefficient (Wildman–Crippen LogP) is 4.12. The molecule has 0 bridgehead atoms. The number of ether oxygens (including phenoxy) is 2. The van der Waals surface area contributed by atoms with Crippen molar-refractivity contribution in [2.45, 2.75) is 19.6 Å². The lowest BCUT2D eigenvalue weighted by Gasteiger charge is -2.15. The number of methoxy groups -OCH3 is 1. The van der Waals surface area contributed by atoms with Crippen LogP contribution < -0.4 is 9.47 Å². The Morgan fingerprint density at radius 2 is 2.00 bits per heavy atom. The van der Waals surface area contributed by atoms with Gasteiger partial charge in [0.2, 0.25) is 0 Å². The van der Waals surface area contributed by atoms with Crippen LogP contribution in [0, 0.1) is 5.82 Å². The minimum atomic E-state index is -0.673. The summed E-state index contributed by atoms with van der Waals surface area (Å²) in [6.45, 7) is 1.82. The molecule has 0 amide bonds. The van der Waals surface area contributed by atoms with Gasteiger partial charge < -0.3 is 14.6 Å². The van der Waals surface area contributed by atoms with E-state index in [0.29, 0.717) is 22.6 Å². The van der Waals surface area contributed by atoms with E-state index in [1.807, 2.05) is 0 Å². The molecule has 0 aliphatic rings. The third-order valence-corrected chi connectivity index (χ3v) is 3.36. The summed E-state index contributed by atoms with van der Waals surface area (Å²) in [6.07, 6.45) is -0.673. The lowest BCUT2D eigenvalue weighted by molar-refractivity contribution is 0.190. The number of halogens is 2. The predicted molar refractivity (Wildman–Crippen MR) is 79.4 cm³/mol. The Kier molecular flexibility index (Phi) is 5.04. The Hall–Kier alpha value is -1.78. The summed E-state index contributed by atoms with van der Waals surface area (Å²) in [5.74, 6) is 0.635. The smallest absolute Gasteiger partial charge is 0.142 e. The molecular weight excluding hydrogens is 295 g/mol. The molecule has 0 aromatic heterocycles. The Morgan fingerprint density at radius 1 is 1.24 bits per heavy atom. The van der Waals surface area contributed by atoms with Gasteiger partial charge in [-0.25, -0.2) is 4.39 Å². The highest BCUT2D eigenvalue weighted by Crippen LogP contribution is 2.30. The van der Waals surface area contributed by atoms with Gasteiger partial charge in [0, 0.05) is 11.6 Å². The van der Waals surface area contributed by atoms with E-state index >= 15 is 0 Å². The highest BCUT2D eigenvalue weighted by Gasteiger charge is 2.11. The van der Waals surface area contributed by atoms with Crippen molar-refractivity contribution in [3.8, 4) is 11.5 Å². The van der Waals surface area contributed by atoms with E-state index in [2.05, 4.69) is 0 Å². The van der Waals surface area contributed by atoms with Crippen molar-refractivity contribution in [1.29, 1.82) is 0 Å². The molecule has 2 aromatic carbocycles. The summed E-state index contributed by atoms with van der Waals surface area (Å²) in [6, 6.07) is 9.67. The van der Waals surface area contributed by atoms with Crippen LogP contribution in [0.4, 0.5) is 4.39 Å². The summed E-state index contributed by atoms with van der Waals surface area (Å²) in [5.41, 5.74) is 1.29. The first-order valence-corrected chi connectivity index (χ1v) is 6.81. The number of hydrogen-bond acceptors (Lipinski definition) is 3. The summed E-state index contributed by atoms with van der Waals surface area (Å²) < 4.78 is 24.2. The molecular formula is C16H16ClFO3. The number of benzene rings is 2. The molecule has 0 fully saturated rings. The summed E-state index contributed by atoms with van der Waals surface area (Å²) >= 11 is 5.64. The zero-order valence-corrected chi connectivity index (χ0v) is 12.5. The molecule has 0 saturated carbocycles. The van der Waals surface area contributed by atoms with Gasteiger partial charge >= 0.3 is 0 Å². The standard InChI is InChI=1S/C16H16ClFO3/c1-10(19)13-5-4-12(20-2)8-16(13)21-9-11-3-6-14(17)15(18)7-11/h3-8,10,19H,9H2,1-2H3/t10-/m0/s1. The Balaban J connectivity index is 2.19. The molecule has 0 saturated heterocycles. The zero-order chi connectivity index (χ0) is 15.4. The molecule has 0 unspecified atom stereocenters. The quantitative estimate of drug-likeness (QED) is 0.903. The van der Waals surface area contributed by atoms with Crippen molar-refractivity contribution in [2.75, 3.05) is 7.11 Å². The average molecular weight is 311 g/mol. The minimum absolute atomic E-state index is 0.0739. The Morgan fingerprint density at radius 3 is 2.62 bits per heavy atom. The van der Waals surface area contributed by atoms with Gasteiger partial charge in [0.05, 0.1) is 18.2 Å². The molecule has 0 radical (unpaired) electrons. The van der Waals surface area contributed by atoms with Crippen molar-refractivity contribution in [2.24, 2.45) is 0 Å². The minimum Gasteiger partial charge on any atom is -0.497 e. The van der Waals surface area contributed by atoms with E-state index in [0.717, 1.165) is 0 Å². The number of aliphatic hydroxyl groups excluding tert-OH is 1. The molecule has 21 heavy (non-hydrogen) atoms. The summed E-state index contributed by atoms with van der Waals surface area (Å²) in [4.78, 5) is 0. The van der Waals surface area contributed by atoms with Crippen LogP contribution in [-0.4, -0.2) is 12.2 Å². The van der Waals surface area contributed by atoms with Gasteiger partial charge in [0.1, 0.15) is 23.9 Å².